The number of aliphatic hydroxyl groups is 1. The lowest BCUT2D eigenvalue weighted by Gasteiger charge is -2.25. The Balaban J connectivity index is 2.97. The lowest BCUT2D eigenvalue weighted by Crippen LogP contribution is -2.24. The van der Waals surface area contributed by atoms with E-state index in [1.165, 1.54) is 0 Å². The second-order valence-electron chi connectivity index (χ2n) is 5.10. The first kappa shape index (κ1) is 15.7. The predicted octanol–water partition coefficient (Wildman–Crippen LogP) is 2.21. The van der Waals surface area contributed by atoms with Gasteiger partial charge in [-0.05, 0) is 18.1 Å². The molecular formula is C15H22O4. The van der Waals surface area contributed by atoms with Gasteiger partial charge in [0.2, 0.25) is 0 Å². The fourth-order valence-electron chi connectivity index (χ4n) is 1.93. The van der Waals surface area contributed by atoms with Crippen molar-refractivity contribution < 1.29 is 19.4 Å². The molecule has 1 aromatic rings. The fraction of sp³-hybridized carbons (Fsp3) is 0.533. The molecule has 19 heavy (non-hydrogen) atoms. The Labute approximate surface area is 114 Å². The first-order valence-corrected chi connectivity index (χ1v) is 6.36. The summed E-state index contributed by atoms with van der Waals surface area (Å²) in [6.45, 7) is 6.62. The van der Waals surface area contributed by atoms with Crippen LogP contribution in [0.4, 0.5) is 0 Å². The summed E-state index contributed by atoms with van der Waals surface area (Å²) in [5.41, 5.74) is 1.37. The summed E-state index contributed by atoms with van der Waals surface area (Å²) in [5, 5.41) is 9.93. The minimum atomic E-state index is -1.24. The highest BCUT2D eigenvalue weighted by atomic mass is 16.5. The molecule has 0 heterocycles. The maximum Gasteiger partial charge on any atom is 0.339 e. The summed E-state index contributed by atoms with van der Waals surface area (Å²) in [7, 11) is 1.65. The summed E-state index contributed by atoms with van der Waals surface area (Å²) in [6, 6.07) is 7.32. The Morgan fingerprint density at radius 3 is 2.68 bits per heavy atom. The van der Waals surface area contributed by atoms with Crippen molar-refractivity contribution in [2.75, 3.05) is 20.3 Å². The predicted molar refractivity (Wildman–Crippen MR) is 72.9 cm³/mol. The Morgan fingerprint density at radius 1 is 1.42 bits per heavy atom. The molecule has 0 saturated heterocycles. The number of hydrogen-bond acceptors (Lipinski definition) is 4. The van der Waals surface area contributed by atoms with Gasteiger partial charge in [0.25, 0.3) is 0 Å². The molecular weight excluding hydrogens is 244 g/mol. The number of methoxy groups -OCH3 is 1. The molecule has 1 unspecified atom stereocenters. The number of carbonyl (C=O) groups is 1. The third-order valence-electron chi connectivity index (χ3n) is 3.00. The largest absolute Gasteiger partial charge is 0.464 e. The van der Waals surface area contributed by atoms with E-state index in [1.54, 1.807) is 20.1 Å². The van der Waals surface area contributed by atoms with Crippen molar-refractivity contribution in [2.45, 2.75) is 32.3 Å². The van der Waals surface area contributed by atoms with E-state index in [9.17, 15) is 9.90 Å². The number of esters is 1. The lowest BCUT2D eigenvalue weighted by atomic mass is 9.84. The van der Waals surface area contributed by atoms with Crippen molar-refractivity contribution in [2.24, 2.45) is 0 Å². The van der Waals surface area contributed by atoms with Crippen molar-refractivity contribution in [3.63, 3.8) is 0 Å². The zero-order valence-corrected chi connectivity index (χ0v) is 12.0. The third-order valence-corrected chi connectivity index (χ3v) is 3.00. The molecule has 1 aromatic carbocycles. The van der Waals surface area contributed by atoms with Crippen LogP contribution in [0.15, 0.2) is 24.3 Å². The van der Waals surface area contributed by atoms with Gasteiger partial charge >= 0.3 is 5.97 Å². The van der Waals surface area contributed by atoms with Crippen LogP contribution >= 0.6 is 0 Å². The molecule has 0 aliphatic heterocycles. The van der Waals surface area contributed by atoms with E-state index in [0.717, 1.165) is 5.56 Å². The maximum atomic E-state index is 11.5. The second-order valence-corrected chi connectivity index (χ2v) is 5.10. The van der Waals surface area contributed by atoms with E-state index < -0.39 is 12.1 Å². The molecule has 4 heteroatoms. The Bertz CT molecular complexity index is 426. The van der Waals surface area contributed by atoms with Gasteiger partial charge in [0.05, 0.1) is 13.2 Å². The van der Waals surface area contributed by atoms with Gasteiger partial charge in [0.1, 0.15) is 0 Å². The SMILES string of the molecule is CCOC(=O)C(O)c1cccc(C(C)(C)COC)c1. The van der Waals surface area contributed by atoms with Gasteiger partial charge in [0.15, 0.2) is 6.10 Å². The first-order chi connectivity index (χ1) is 8.92. The number of aliphatic hydroxyl groups excluding tert-OH is 1. The van der Waals surface area contributed by atoms with Crippen LogP contribution in [0.5, 0.6) is 0 Å². The molecule has 0 spiro atoms. The molecule has 0 bridgehead atoms. The minimum Gasteiger partial charge on any atom is -0.464 e. The summed E-state index contributed by atoms with van der Waals surface area (Å²) < 4.78 is 10.0. The van der Waals surface area contributed by atoms with Gasteiger partial charge in [-0.25, -0.2) is 4.79 Å². The van der Waals surface area contributed by atoms with Crippen LogP contribution in [0, 0.1) is 0 Å². The Hall–Kier alpha value is -1.39. The van der Waals surface area contributed by atoms with Gasteiger partial charge in [0, 0.05) is 12.5 Å². The molecule has 0 radical (unpaired) electrons. The Kier molecular flexibility index (Phi) is 5.51. The van der Waals surface area contributed by atoms with Crippen molar-refractivity contribution in [3.8, 4) is 0 Å². The van der Waals surface area contributed by atoms with Crippen molar-refractivity contribution in [1.29, 1.82) is 0 Å². The van der Waals surface area contributed by atoms with Crippen molar-refractivity contribution in [3.05, 3.63) is 35.4 Å². The highest BCUT2D eigenvalue weighted by Crippen LogP contribution is 2.26. The summed E-state index contributed by atoms with van der Waals surface area (Å²) in [4.78, 5) is 11.5. The molecule has 1 N–H and O–H groups in total. The monoisotopic (exact) mass is 266 g/mol. The normalized spacial score (nSPS) is 13.1. The van der Waals surface area contributed by atoms with Crippen LogP contribution in [0.25, 0.3) is 0 Å². The van der Waals surface area contributed by atoms with E-state index >= 15 is 0 Å². The number of benzene rings is 1. The highest BCUT2D eigenvalue weighted by molar-refractivity contribution is 5.76. The standard InChI is InChI=1S/C15H22O4/c1-5-19-14(17)13(16)11-7-6-8-12(9-11)15(2,3)10-18-4/h6-9,13,16H,5,10H2,1-4H3. The van der Waals surface area contributed by atoms with Crippen LogP contribution in [-0.4, -0.2) is 31.4 Å². The van der Waals surface area contributed by atoms with Gasteiger partial charge in [-0.15, -0.1) is 0 Å². The Morgan fingerprint density at radius 2 is 2.11 bits per heavy atom. The number of hydrogen-bond donors (Lipinski definition) is 1. The van der Waals surface area contributed by atoms with Gasteiger partial charge in [-0.2, -0.15) is 0 Å². The maximum absolute atomic E-state index is 11.5. The average Bonchev–Trinajstić information content (AvgIpc) is 2.38. The van der Waals surface area contributed by atoms with E-state index in [0.29, 0.717) is 12.2 Å². The summed E-state index contributed by atoms with van der Waals surface area (Å²) in [5.74, 6) is -0.621. The molecule has 0 amide bonds. The average molecular weight is 266 g/mol. The highest BCUT2D eigenvalue weighted by Gasteiger charge is 2.24. The summed E-state index contributed by atoms with van der Waals surface area (Å²) >= 11 is 0. The molecule has 0 fully saturated rings. The zero-order valence-electron chi connectivity index (χ0n) is 12.0. The molecule has 0 aliphatic carbocycles. The third kappa shape index (κ3) is 4.04. The van der Waals surface area contributed by atoms with Gasteiger partial charge in [-0.3, -0.25) is 0 Å². The van der Waals surface area contributed by atoms with Gasteiger partial charge in [-0.1, -0.05) is 38.1 Å². The number of ether oxygens (including phenoxy) is 2. The van der Waals surface area contributed by atoms with Crippen LogP contribution in [-0.2, 0) is 19.7 Å². The molecule has 0 saturated carbocycles. The first-order valence-electron chi connectivity index (χ1n) is 6.36. The van der Waals surface area contributed by atoms with Crippen LogP contribution in [0.1, 0.15) is 38.0 Å². The molecule has 1 rings (SSSR count). The molecule has 0 aliphatic rings. The molecule has 4 nitrogen and oxygen atoms in total. The van der Waals surface area contributed by atoms with Crippen LogP contribution in [0.2, 0.25) is 0 Å². The smallest absolute Gasteiger partial charge is 0.339 e. The number of rotatable bonds is 6. The van der Waals surface area contributed by atoms with Gasteiger partial charge < -0.3 is 14.6 Å². The van der Waals surface area contributed by atoms with E-state index in [-0.39, 0.29) is 12.0 Å². The van der Waals surface area contributed by atoms with E-state index in [2.05, 4.69) is 0 Å². The second kappa shape index (κ2) is 6.68. The van der Waals surface area contributed by atoms with Crippen molar-refractivity contribution >= 4 is 5.97 Å². The summed E-state index contributed by atoms with van der Waals surface area (Å²) in [6.07, 6.45) is -1.24. The quantitative estimate of drug-likeness (QED) is 0.802. The topological polar surface area (TPSA) is 55.8 Å². The van der Waals surface area contributed by atoms with E-state index in [4.69, 9.17) is 9.47 Å². The lowest BCUT2D eigenvalue weighted by molar-refractivity contribution is -0.153. The molecule has 0 aromatic heterocycles. The van der Waals surface area contributed by atoms with E-state index in [1.807, 2.05) is 32.0 Å². The minimum absolute atomic E-state index is 0.181. The number of carbonyl (C=O) groups excluding carboxylic acids is 1. The fourth-order valence-corrected chi connectivity index (χ4v) is 1.93. The zero-order chi connectivity index (χ0) is 14.5. The van der Waals surface area contributed by atoms with Crippen LogP contribution < -0.4 is 0 Å². The molecule has 1 atom stereocenters. The van der Waals surface area contributed by atoms with Crippen LogP contribution in [0.3, 0.4) is 0 Å². The molecule has 106 valence electrons. The van der Waals surface area contributed by atoms with Crippen molar-refractivity contribution in [1.82, 2.24) is 0 Å².